The maximum Gasteiger partial charge on any atom is 0.335 e. The average molecular weight is 332 g/mol. The van der Waals surface area contributed by atoms with Gasteiger partial charge in [-0.05, 0) is 12.1 Å². The standard InChI is InChI=1S/C13H16O10/c14-3-7-8(17)9(18)10(19)13(22-7)23-11-5(15)1-4(12(20)21)2-6(11)16/h1-2,7-10,13-19H,3H2,(H,20,21)/t7-,8+,9-,10-,13+/m1/s1. The second-order valence-corrected chi connectivity index (χ2v) is 4.96. The number of carboxylic acids is 1. The number of aliphatic hydroxyl groups is 4. The molecule has 0 amide bonds. The Labute approximate surface area is 129 Å². The Morgan fingerprint density at radius 2 is 1.65 bits per heavy atom. The molecule has 1 fully saturated rings. The van der Waals surface area contributed by atoms with E-state index >= 15 is 0 Å². The summed E-state index contributed by atoms with van der Waals surface area (Å²) < 4.78 is 10.1. The van der Waals surface area contributed by atoms with Gasteiger partial charge >= 0.3 is 5.97 Å². The third kappa shape index (κ3) is 3.30. The molecule has 1 aromatic carbocycles. The van der Waals surface area contributed by atoms with E-state index in [1.54, 1.807) is 0 Å². The van der Waals surface area contributed by atoms with Crippen LogP contribution in [-0.2, 0) is 4.74 Å². The van der Waals surface area contributed by atoms with Crippen molar-refractivity contribution in [3.8, 4) is 17.2 Å². The maximum absolute atomic E-state index is 10.8. The normalized spacial score (nSPS) is 30.9. The van der Waals surface area contributed by atoms with Crippen LogP contribution in [0.4, 0.5) is 0 Å². The largest absolute Gasteiger partial charge is 0.504 e. The number of phenolic OH excluding ortho intramolecular Hbond substituents is 2. The summed E-state index contributed by atoms with van der Waals surface area (Å²) in [5, 5.41) is 66.4. The van der Waals surface area contributed by atoms with Crippen molar-refractivity contribution in [2.45, 2.75) is 30.7 Å². The van der Waals surface area contributed by atoms with Crippen molar-refractivity contribution in [3.05, 3.63) is 17.7 Å². The molecule has 10 heteroatoms. The summed E-state index contributed by atoms with van der Waals surface area (Å²) in [6.45, 7) is -0.680. The van der Waals surface area contributed by atoms with Gasteiger partial charge in [0.2, 0.25) is 12.0 Å². The Hall–Kier alpha value is -2.11. The molecule has 0 bridgehead atoms. The Bertz CT molecular complexity index is 563. The number of phenols is 2. The summed E-state index contributed by atoms with van der Waals surface area (Å²) in [5.41, 5.74) is -0.402. The van der Waals surface area contributed by atoms with Crippen LogP contribution in [0, 0.1) is 0 Å². The minimum atomic E-state index is -1.74. The van der Waals surface area contributed by atoms with Gasteiger partial charge in [0.15, 0.2) is 11.5 Å². The smallest absolute Gasteiger partial charge is 0.335 e. The molecular formula is C13H16O10. The monoisotopic (exact) mass is 332 g/mol. The van der Waals surface area contributed by atoms with Crippen molar-refractivity contribution in [1.82, 2.24) is 0 Å². The van der Waals surface area contributed by atoms with Gasteiger partial charge in [0.05, 0.1) is 12.2 Å². The summed E-state index contributed by atoms with van der Waals surface area (Å²) in [6.07, 6.45) is -7.90. The van der Waals surface area contributed by atoms with Gasteiger partial charge in [-0.15, -0.1) is 0 Å². The second-order valence-electron chi connectivity index (χ2n) is 4.96. The van der Waals surface area contributed by atoms with Crippen LogP contribution in [0.2, 0.25) is 0 Å². The van der Waals surface area contributed by atoms with Crippen LogP contribution in [0.15, 0.2) is 12.1 Å². The Kier molecular flexibility index (Phi) is 4.92. The summed E-state index contributed by atoms with van der Waals surface area (Å²) in [7, 11) is 0. The summed E-state index contributed by atoms with van der Waals surface area (Å²) in [6, 6.07) is 1.61. The number of ether oxygens (including phenoxy) is 2. The summed E-state index contributed by atoms with van der Waals surface area (Å²) in [5.74, 6) is -3.45. The van der Waals surface area contributed by atoms with Crippen LogP contribution in [0.1, 0.15) is 10.4 Å². The van der Waals surface area contributed by atoms with Crippen LogP contribution in [0.3, 0.4) is 0 Å². The van der Waals surface area contributed by atoms with Gasteiger partial charge in [0, 0.05) is 0 Å². The van der Waals surface area contributed by atoms with E-state index in [0.717, 1.165) is 12.1 Å². The molecule has 23 heavy (non-hydrogen) atoms. The van der Waals surface area contributed by atoms with Gasteiger partial charge in [-0.2, -0.15) is 0 Å². The SMILES string of the molecule is O=C(O)c1cc(O)c(O[C@@H]2O[C@H](CO)[C@H](O)[C@@H](O)[C@H]2O)c(O)c1. The number of aromatic hydroxyl groups is 2. The van der Waals surface area contributed by atoms with Gasteiger partial charge in [-0.3, -0.25) is 0 Å². The zero-order valence-corrected chi connectivity index (χ0v) is 11.6. The van der Waals surface area contributed by atoms with Crippen LogP contribution >= 0.6 is 0 Å². The molecule has 0 aliphatic carbocycles. The van der Waals surface area contributed by atoms with Crippen LogP contribution in [0.25, 0.3) is 0 Å². The molecule has 2 rings (SSSR count). The van der Waals surface area contributed by atoms with E-state index in [1.165, 1.54) is 0 Å². The van der Waals surface area contributed by atoms with Crippen LogP contribution < -0.4 is 4.74 Å². The number of aromatic carboxylic acids is 1. The minimum absolute atomic E-state index is 0.402. The first-order valence-electron chi connectivity index (χ1n) is 6.52. The number of hydrogen-bond donors (Lipinski definition) is 7. The summed E-state index contributed by atoms with van der Waals surface area (Å²) >= 11 is 0. The third-order valence-corrected chi connectivity index (χ3v) is 3.38. The Morgan fingerprint density at radius 3 is 2.13 bits per heavy atom. The fraction of sp³-hybridized carbons (Fsp3) is 0.462. The molecule has 10 nitrogen and oxygen atoms in total. The van der Waals surface area contributed by atoms with Gasteiger partial charge in [0.1, 0.15) is 24.4 Å². The predicted octanol–water partition coefficient (Wildman–Crippen LogP) is -2.03. The van der Waals surface area contributed by atoms with E-state index in [4.69, 9.17) is 19.7 Å². The van der Waals surface area contributed by atoms with Gasteiger partial charge < -0.3 is 45.2 Å². The number of hydrogen-bond acceptors (Lipinski definition) is 9. The maximum atomic E-state index is 10.8. The fourth-order valence-corrected chi connectivity index (χ4v) is 2.12. The van der Waals surface area contributed by atoms with Crippen LogP contribution in [0.5, 0.6) is 17.2 Å². The number of aliphatic hydroxyl groups excluding tert-OH is 4. The van der Waals surface area contributed by atoms with Crippen molar-refractivity contribution in [2.75, 3.05) is 6.61 Å². The van der Waals surface area contributed by atoms with Gasteiger partial charge in [0.25, 0.3) is 0 Å². The lowest BCUT2D eigenvalue weighted by atomic mass is 9.99. The van der Waals surface area contributed by atoms with Crippen molar-refractivity contribution in [1.29, 1.82) is 0 Å². The molecule has 0 unspecified atom stereocenters. The van der Waals surface area contributed by atoms with Crippen molar-refractivity contribution in [2.24, 2.45) is 0 Å². The molecule has 5 atom stereocenters. The second kappa shape index (κ2) is 6.56. The highest BCUT2D eigenvalue weighted by Crippen LogP contribution is 2.39. The molecule has 0 saturated carbocycles. The number of benzene rings is 1. The predicted molar refractivity (Wildman–Crippen MR) is 71.1 cm³/mol. The molecule has 0 radical (unpaired) electrons. The highest BCUT2D eigenvalue weighted by atomic mass is 16.7. The molecule has 128 valence electrons. The Morgan fingerprint density at radius 1 is 1.09 bits per heavy atom. The van der Waals surface area contributed by atoms with Crippen molar-refractivity contribution < 1.29 is 50.0 Å². The van der Waals surface area contributed by atoms with E-state index in [0.29, 0.717) is 0 Å². The highest BCUT2D eigenvalue weighted by molar-refractivity contribution is 5.89. The first kappa shape index (κ1) is 17.2. The van der Waals surface area contributed by atoms with E-state index in [2.05, 4.69) is 0 Å². The van der Waals surface area contributed by atoms with Gasteiger partial charge in [-0.1, -0.05) is 0 Å². The van der Waals surface area contributed by atoms with E-state index in [1.807, 2.05) is 0 Å². The van der Waals surface area contributed by atoms with Crippen molar-refractivity contribution in [3.63, 3.8) is 0 Å². The molecule has 1 heterocycles. The molecule has 1 aromatic rings. The number of carboxylic acid groups (broad SMARTS) is 1. The van der Waals surface area contributed by atoms with Gasteiger partial charge in [-0.25, -0.2) is 4.79 Å². The lowest BCUT2D eigenvalue weighted by molar-refractivity contribution is -0.277. The zero-order valence-electron chi connectivity index (χ0n) is 11.6. The quantitative estimate of drug-likeness (QED) is 0.325. The molecule has 0 spiro atoms. The van der Waals surface area contributed by atoms with E-state index in [-0.39, 0.29) is 0 Å². The average Bonchev–Trinajstić information content (AvgIpc) is 2.50. The first-order valence-corrected chi connectivity index (χ1v) is 6.52. The van der Waals surface area contributed by atoms with Crippen LogP contribution in [-0.4, -0.2) is 79.0 Å². The molecule has 1 saturated heterocycles. The molecule has 1 aliphatic heterocycles. The lowest BCUT2D eigenvalue weighted by Crippen LogP contribution is -2.60. The topological polar surface area (TPSA) is 177 Å². The number of carbonyl (C=O) groups is 1. The first-order chi connectivity index (χ1) is 10.8. The highest BCUT2D eigenvalue weighted by Gasteiger charge is 2.45. The van der Waals surface area contributed by atoms with Crippen molar-refractivity contribution >= 4 is 5.97 Å². The summed E-state index contributed by atoms with van der Waals surface area (Å²) in [4.78, 5) is 10.8. The van der Waals surface area contributed by atoms with E-state index in [9.17, 15) is 30.3 Å². The Balaban J connectivity index is 2.26. The minimum Gasteiger partial charge on any atom is -0.504 e. The third-order valence-electron chi connectivity index (χ3n) is 3.38. The molecule has 7 N–H and O–H groups in total. The fourth-order valence-electron chi connectivity index (χ4n) is 2.12. The zero-order chi connectivity index (χ0) is 17.3. The number of rotatable bonds is 4. The van der Waals surface area contributed by atoms with E-state index < -0.39 is 66.1 Å². The molecule has 1 aliphatic rings. The molecule has 0 aromatic heterocycles. The molecular weight excluding hydrogens is 316 g/mol. The lowest BCUT2D eigenvalue weighted by Gasteiger charge is -2.39.